The van der Waals surface area contributed by atoms with Crippen molar-refractivity contribution < 1.29 is 19.5 Å². The number of rotatable bonds is 8. The smallest absolute Gasteiger partial charge is 0.303 e. The fourth-order valence-corrected chi connectivity index (χ4v) is 4.35. The second-order valence-corrected chi connectivity index (χ2v) is 8.65. The van der Waals surface area contributed by atoms with Crippen molar-refractivity contribution in [1.29, 1.82) is 0 Å². The number of fused-ring (bicyclic) bond motifs is 1. The number of piperidine rings is 1. The highest BCUT2D eigenvalue weighted by Gasteiger charge is 2.21. The van der Waals surface area contributed by atoms with Crippen LogP contribution < -0.4 is 15.5 Å². The minimum absolute atomic E-state index is 0.170. The minimum atomic E-state index is -0.734. The topological polar surface area (TPSA) is 98.7 Å². The Balaban J connectivity index is 1.21. The Bertz CT molecular complexity index is 1170. The third-order valence-electron chi connectivity index (χ3n) is 6.28. The number of amides is 2. The zero-order valence-corrected chi connectivity index (χ0v) is 19.0. The van der Waals surface area contributed by atoms with Gasteiger partial charge < -0.3 is 20.6 Å². The second-order valence-electron chi connectivity index (χ2n) is 8.65. The van der Waals surface area contributed by atoms with Gasteiger partial charge in [0, 0.05) is 49.4 Å². The van der Waals surface area contributed by atoms with Crippen molar-refractivity contribution in [3.8, 4) is 0 Å². The summed E-state index contributed by atoms with van der Waals surface area (Å²) in [6, 6.07) is 20.9. The van der Waals surface area contributed by atoms with Crippen molar-refractivity contribution in [1.82, 2.24) is 10.6 Å². The second kappa shape index (κ2) is 10.8. The third kappa shape index (κ3) is 5.92. The molecular formula is C27H29N3O4. The highest BCUT2D eigenvalue weighted by atomic mass is 16.4. The molecule has 0 unspecified atom stereocenters. The summed E-state index contributed by atoms with van der Waals surface area (Å²) in [5.74, 6) is -0.856. The molecule has 2 amide bonds. The molecule has 1 aliphatic rings. The lowest BCUT2D eigenvalue weighted by Gasteiger charge is -2.33. The quantitative estimate of drug-likeness (QED) is 0.446. The monoisotopic (exact) mass is 459 g/mol. The Labute approximate surface area is 198 Å². The summed E-state index contributed by atoms with van der Waals surface area (Å²) in [5, 5.41) is 16.7. The summed E-state index contributed by atoms with van der Waals surface area (Å²) in [7, 11) is 0. The Morgan fingerprint density at radius 3 is 2.03 bits per heavy atom. The molecule has 0 bridgehead atoms. The fourth-order valence-electron chi connectivity index (χ4n) is 4.35. The highest BCUT2D eigenvalue weighted by Crippen LogP contribution is 2.25. The summed E-state index contributed by atoms with van der Waals surface area (Å²) >= 11 is 0. The first kappa shape index (κ1) is 23.3. The Morgan fingerprint density at radius 1 is 0.794 bits per heavy atom. The van der Waals surface area contributed by atoms with E-state index in [9.17, 15) is 14.4 Å². The number of nitrogens with zero attached hydrogens (tertiary/aromatic N) is 1. The molecule has 0 radical (unpaired) electrons. The van der Waals surface area contributed by atoms with Gasteiger partial charge in [-0.15, -0.1) is 0 Å². The van der Waals surface area contributed by atoms with Crippen LogP contribution in [0.25, 0.3) is 10.8 Å². The molecule has 7 heteroatoms. The average Bonchev–Trinajstić information content (AvgIpc) is 2.86. The molecule has 3 aromatic carbocycles. The molecule has 4 rings (SSSR count). The van der Waals surface area contributed by atoms with E-state index in [-0.39, 0.29) is 24.2 Å². The number of carbonyl (C=O) groups is 3. The van der Waals surface area contributed by atoms with Crippen molar-refractivity contribution in [3.05, 3.63) is 77.9 Å². The van der Waals surface area contributed by atoms with Crippen LogP contribution in [0.15, 0.2) is 66.7 Å². The van der Waals surface area contributed by atoms with E-state index < -0.39 is 5.97 Å². The lowest BCUT2D eigenvalue weighted by Crippen LogP contribution is -2.35. The SMILES string of the molecule is O=C(O)CC1CCN(c2ccc(C(=O)NCCNC(=O)c3ccc4ccccc4c3)cc2)CC1. The van der Waals surface area contributed by atoms with Crippen LogP contribution in [0.3, 0.4) is 0 Å². The van der Waals surface area contributed by atoms with E-state index in [1.807, 2.05) is 48.5 Å². The Hall–Kier alpha value is -3.87. The average molecular weight is 460 g/mol. The molecule has 0 spiro atoms. The molecule has 0 saturated carbocycles. The number of benzene rings is 3. The van der Waals surface area contributed by atoms with Crippen LogP contribution in [0.2, 0.25) is 0 Å². The summed E-state index contributed by atoms with van der Waals surface area (Å²) < 4.78 is 0. The van der Waals surface area contributed by atoms with Gasteiger partial charge >= 0.3 is 5.97 Å². The van der Waals surface area contributed by atoms with Crippen LogP contribution in [-0.4, -0.2) is 49.1 Å². The van der Waals surface area contributed by atoms with Crippen molar-refractivity contribution in [2.24, 2.45) is 5.92 Å². The van der Waals surface area contributed by atoms with Gasteiger partial charge in [0.05, 0.1) is 0 Å². The van der Waals surface area contributed by atoms with Crippen molar-refractivity contribution in [2.75, 3.05) is 31.1 Å². The van der Waals surface area contributed by atoms with Gasteiger partial charge in [0.15, 0.2) is 0 Å². The van der Waals surface area contributed by atoms with Crippen LogP contribution in [0, 0.1) is 5.92 Å². The van der Waals surface area contributed by atoms with E-state index >= 15 is 0 Å². The molecular weight excluding hydrogens is 430 g/mol. The number of hydrogen-bond acceptors (Lipinski definition) is 4. The summed E-state index contributed by atoms with van der Waals surface area (Å²) in [4.78, 5) is 38.0. The van der Waals surface area contributed by atoms with E-state index in [0.29, 0.717) is 24.2 Å². The van der Waals surface area contributed by atoms with E-state index in [4.69, 9.17) is 5.11 Å². The van der Waals surface area contributed by atoms with Gasteiger partial charge in [-0.1, -0.05) is 30.3 Å². The van der Waals surface area contributed by atoms with Gasteiger partial charge in [0.25, 0.3) is 11.8 Å². The van der Waals surface area contributed by atoms with E-state index in [1.165, 1.54) is 0 Å². The van der Waals surface area contributed by atoms with Crippen LogP contribution in [0.1, 0.15) is 40.0 Å². The maximum Gasteiger partial charge on any atom is 0.303 e. The standard InChI is InChI=1S/C27H29N3O4/c31-25(32)17-19-11-15-30(16-12-19)24-9-7-21(8-10-24)26(33)28-13-14-29-27(34)23-6-5-20-3-1-2-4-22(20)18-23/h1-10,18-19H,11-17H2,(H,28,33)(H,29,34)(H,31,32). The molecule has 7 nitrogen and oxygen atoms in total. The first-order valence-electron chi connectivity index (χ1n) is 11.6. The Kier molecular flexibility index (Phi) is 7.42. The van der Waals surface area contributed by atoms with Gasteiger partial charge in [-0.3, -0.25) is 14.4 Å². The molecule has 3 aromatic rings. The highest BCUT2D eigenvalue weighted by molar-refractivity contribution is 5.98. The zero-order chi connectivity index (χ0) is 23.9. The first-order valence-corrected chi connectivity index (χ1v) is 11.6. The van der Waals surface area contributed by atoms with Crippen LogP contribution >= 0.6 is 0 Å². The summed E-state index contributed by atoms with van der Waals surface area (Å²) in [6.07, 6.45) is 1.95. The van der Waals surface area contributed by atoms with Gasteiger partial charge in [0.1, 0.15) is 0 Å². The molecule has 0 aromatic heterocycles. The van der Waals surface area contributed by atoms with Crippen molar-refractivity contribution in [3.63, 3.8) is 0 Å². The molecule has 1 heterocycles. The molecule has 0 atom stereocenters. The van der Waals surface area contributed by atoms with Crippen molar-refractivity contribution in [2.45, 2.75) is 19.3 Å². The molecule has 1 fully saturated rings. The Morgan fingerprint density at radius 2 is 1.38 bits per heavy atom. The van der Waals surface area contributed by atoms with E-state index in [0.717, 1.165) is 42.4 Å². The van der Waals surface area contributed by atoms with Crippen molar-refractivity contribution >= 4 is 34.2 Å². The number of carboxylic acid groups (broad SMARTS) is 1. The van der Waals surface area contributed by atoms with E-state index in [2.05, 4.69) is 15.5 Å². The molecule has 1 aliphatic heterocycles. The number of hydrogen-bond donors (Lipinski definition) is 3. The predicted molar refractivity (Wildman–Crippen MR) is 132 cm³/mol. The molecule has 176 valence electrons. The minimum Gasteiger partial charge on any atom is -0.481 e. The van der Waals surface area contributed by atoms with Gasteiger partial charge in [-0.2, -0.15) is 0 Å². The van der Waals surface area contributed by atoms with Gasteiger partial charge in [-0.05, 0) is 65.9 Å². The first-order chi connectivity index (χ1) is 16.5. The molecule has 0 aliphatic carbocycles. The van der Waals surface area contributed by atoms with Gasteiger partial charge in [-0.25, -0.2) is 0 Å². The number of carbonyl (C=O) groups excluding carboxylic acids is 2. The lowest BCUT2D eigenvalue weighted by molar-refractivity contribution is -0.138. The zero-order valence-electron chi connectivity index (χ0n) is 19.0. The molecule has 3 N–H and O–H groups in total. The maximum atomic E-state index is 12.4. The van der Waals surface area contributed by atoms with E-state index in [1.54, 1.807) is 18.2 Å². The van der Waals surface area contributed by atoms with Gasteiger partial charge in [0.2, 0.25) is 0 Å². The molecule has 1 saturated heterocycles. The normalized spacial score (nSPS) is 14.1. The number of carboxylic acids is 1. The maximum absolute atomic E-state index is 12.4. The lowest BCUT2D eigenvalue weighted by atomic mass is 9.93. The third-order valence-corrected chi connectivity index (χ3v) is 6.28. The summed E-state index contributed by atoms with van der Waals surface area (Å²) in [5.41, 5.74) is 2.19. The number of nitrogens with one attached hydrogen (secondary N) is 2. The van der Waals surface area contributed by atoms with Crippen LogP contribution in [0.5, 0.6) is 0 Å². The summed E-state index contributed by atoms with van der Waals surface area (Å²) in [6.45, 7) is 2.30. The number of anilines is 1. The molecule has 34 heavy (non-hydrogen) atoms. The largest absolute Gasteiger partial charge is 0.481 e. The fraction of sp³-hybridized carbons (Fsp3) is 0.296. The van der Waals surface area contributed by atoms with Crippen LogP contribution in [0.4, 0.5) is 5.69 Å². The number of aliphatic carboxylic acids is 1. The van der Waals surface area contributed by atoms with Crippen LogP contribution in [-0.2, 0) is 4.79 Å². The predicted octanol–water partition coefficient (Wildman–Crippen LogP) is 3.69.